The van der Waals surface area contributed by atoms with Crippen LogP contribution in [0.1, 0.15) is 11.1 Å². The zero-order valence-corrected chi connectivity index (χ0v) is 16.2. The molecule has 3 aromatic rings. The Morgan fingerprint density at radius 3 is 2.61 bits per heavy atom. The molecule has 0 amide bonds. The highest BCUT2D eigenvalue weighted by molar-refractivity contribution is 7.89. The standard InChI is InChI=1S/C19H22FN5O2S/c1-22-19(25-11-13-2-5-16(6-3-13)28(21,26)27)23-9-8-14-12-24-18-10-15(20)4-7-17(14)18/h2-7,10,12,24H,8-9,11H2,1H3,(H2,21,26,27)(H2,22,23,25). The average molecular weight is 403 g/mol. The van der Waals surface area contributed by atoms with E-state index in [4.69, 9.17) is 5.14 Å². The van der Waals surface area contributed by atoms with Crippen molar-refractivity contribution in [2.75, 3.05) is 13.6 Å². The second-order valence-corrected chi connectivity index (χ2v) is 7.86. The number of halogens is 1. The van der Waals surface area contributed by atoms with Crippen molar-refractivity contribution in [3.05, 3.63) is 65.6 Å². The van der Waals surface area contributed by atoms with Crippen LogP contribution in [-0.2, 0) is 23.0 Å². The number of benzene rings is 2. The summed E-state index contributed by atoms with van der Waals surface area (Å²) in [6.07, 6.45) is 2.63. The number of aromatic amines is 1. The molecule has 1 heterocycles. The third kappa shape index (κ3) is 4.87. The number of fused-ring (bicyclic) bond motifs is 1. The maximum atomic E-state index is 13.3. The third-order valence-corrected chi connectivity index (χ3v) is 5.28. The van der Waals surface area contributed by atoms with Crippen LogP contribution in [0.15, 0.2) is 58.5 Å². The topological polar surface area (TPSA) is 112 Å². The van der Waals surface area contributed by atoms with Crippen molar-refractivity contribution in [2.45, 2.75) is 17.9 Å². The summed E-state index contributed by atoms with van der Waals surface area (Å²) < 4.78 is 35.8. The van der Waals surface area contributed by atoms with Gasteiger partial charge < -0.3 is 15.6 Å². The smallest absolute Gasteiger partial charge is 0.238 e. The first kappa shape index (κ1) is 19.8. The average Bonchev–Trinajstić information content (AvgIpc) is 3.06. The van der Waals surface area contributed by atoms with E-state index in [0.717, 1.165) is 28.5 Å². The summed E-state index contributed by atoms with van der Waals surface area (Å²) in [4.78, 5) is 7.33. The summed E-state index contributed by atoms with van der Waals surface area (Å²) in [6.45, 7) is 1.13. The van der Waals surface area contributed by atoms with E-state index >= 15 is 0 Å². The number of nitrogens with zero attached hydrogens (tertiary/aromatic N) is 1. The van der Waals surface area contributed by atoms with Gasteiger partial charge in [-0.2, -0.15) is 0 Å². The van der Waals surface area contributed by atoms with Crippen LogP contribution in [0.5, 0.6) is 0 Å². The maximum absolute atomic E-state index is 13.3. The van der Waals surface area contributed by atoms with Gasteiger partial charge in [-0.1, -0.05) is 12.1 Å². The van der Waals surface area contributed by atoms with Crippen LogP contribution in [0.4, 0.5) is 4.39 Å². The predicted molar refractivity (Wildman–Crippen MR) is 108 cm³/mol. The Hall–Kier alpha value is -2.91. The van der Waals surface area contributed by atoms with Gasteiger partial charge in [-0.25, -0.2) is 17.9 Å². The van der Waals surface area contributed by atoms with E-state index in [9.17, 15) is 12.8 Å². The summed E-state index contributed by atoms with van der Waals surface area (Å²) in [5, 5.41) is 12.5. The lowest BCUT2D eigenvalue weighted by Crippen LogP contribution is -2.37. The second-order valence-electron chi connectivity index (χ2n) is 6.30. The van der Waals surface area contributed by atoms with Gasteiger partial charge in [-0.3, -0.25) is 4.99 Å². The Balaban J connectivity index is 1.52. The molecule has 9 heteroatoms. The molecule has 0 spiro atoms. The van der Waals surface area contributed by atoms with Crippen molar-refractivity contribution in [3.8, 4) is 0 Å². The summed E-state index contributed by atoms with van der Waals surface area (Å²) in [5.74, 6) is 0.363. The Bertz CT molecular complexity index is 1090. The van der Waals surface area contributed by atoms with Crippen LogP contribution in [0.25, 0.3) is 10.9 Å². The molecule has 0 fully saturated rings. The first-order chi connectivity index (χ1) is 13.4. The number of nitrogens with one attached hydrogen (secondary N) is 3. The lowest BCUT2D eigenvalue weighted by molar-refractivity contribution is 0.597. The molecule has 2 aromatic carbocycles. The van der Waals surface area contributed by atoms with E-state index in [0.29, 0.717) is 19.0 Å². The molecule has 0 bridgehead atoms. The molecular formula is C19H22FN5O2S. The van der Waals surface area contributed by atoms with Crippen LogP contribution < -0.4 is 15.8 Å². The van der Waals surface area contributed by atoms with Crippen molar-refractivity contribution >= 4 is 26.9 Å². The molecule has 148 valence electrons. The van der Waals surface area contributed by atoms with E-state index in [1.165, 1.54) is 24.3 Å². The predicted octanol–water partition coefficient (Wildman–Crippen LogP) is 1.86. The molecule has 0 aliphatic carbocycles. The minimum atomic E-state index is -3.69. The van der Waals surface area contributed by atoms with Crippen LogP contribution in [0, 0.1) is 5.82 Å². The largest absolute Gasteiger partial charge is 0.361 e. The number of aromatic nitrogens is 1. The summed E-state index contributed by atoms with van der Waals surface area (Å²) in [6, 6.07) is 11.1. The molecule has 3 rings (SSSR count). The molecule has 28 heavy (non-hydrogen) atoms. The Kier molecular flexibility index (Phi) is 5.96. The minimum Gasteiger partial charge on any atom is -0.361 e. The zero-order chi connectivity index (χ0) is 20.1. The third-order valence-electron chi connectivity index (χ3n) is 4.35. The van der Waals surface area contributed by atoms with Gasteiger partial charge in [0.1, 0.15) is 5.82 Å². The van der Waals surface area contributed by atoms with E-state index < -0.39 is 10.0 Å². The van der Waals surface area contributed by atoms with Crippen molar-refractivity contribution in [2.24, 2.45) is 10.1 Å². The zero-order valence-electron chi connectivity index (χ0n) is 15.4. The van der Waals surface area contributed by atoms with E-state index in [-0.39, 0.29) is 10.7 Å². The molecule has 0 atom stereocenters. The number of hydrogen-bond acceptors (Lipinski definition) is 3. The van der Waals surface area contributed by atoms with Gasteiger partial charge in [0, 0.05) is 37.2 Å². The van der Waals surface area contributed by atoms with Gasteiger partial charge in [0.15, 0.2) is 5.96 Å². The molecule has 0 unspecified atom stereocenters. The van der Waals surface area contributed by atoms with Gasteiger partial charge in [0.2, 0.25) is 10.0 Å². The normalized spacial score (nSPS) is 12.3. The number of sulfonamides is 1. The van der Waals surface area contributed by atoms with Gasteiger partial charge >= 0.3 is 0 Å². The second kappa shape index (κ2) is 8.41. The first-order valence-corrected chi connectivity index (χ1v) is 10.2. The molecule has 7 nitrogen and oxygen atoms in total. The van der Waals surface area contributed by atoms with Gasteiger partial charge in [-0.15, -0.1) is 0 Å². The van der Waals surface area contributed by atoms with Crippen molar-refractivity contribution in [1.29, 1.82) is 0 Å². The number of guanidine groups is 1. The molecule has 5 N–H and O–H groups in total. The van der Waals surface area contributed by atoms with E-state index in [2.05, 4.69) is 20.6 Å². The highest BCUT2D eigenvalue weighted by atomic mass is 32.2. The maximum Gasteiger partial charge on any atom is 0.238 e. The van der Waals surface area contributed by atoms with Crippen molar-refractivity contribution in [3.63, 3.8) is 0 Å². The molecule has 0 aliphatic heterocycles. The fraction of sp³-hybridized carbons (Fsp3) is 0.211. The van der Waals surface area contributed by atoms with E-state index in [1.54, 1.807) is 25.2 Å². The highest BCUT2D eigenvalue weighted by Crippen LogP contribution is 2.19. The van der Waals surface area contributed by atoms with Gasteiger partial charge in [0.05, 0.1) is 4.90 Å². The summed E-state index contributed by atoms with van der Waals surface area (Å²) in [5.41, 5.74) is 2.77. The van der Waals surface area contributed by atoms with Gasteiger partial charge in [0.25, 0.3) is 0 Å². The number of rotatable bonds is 6. The number of hydrogen-bond donors (Lipinski definition) is 4. The van der Waals surface area contributed by atoms with Crippen LogP contribution in [0.2, 0.25) is 0 Å². The summed E-state index contributed by atoms with van der Waals surface area (Å²) in [7, 11) is -2.01. The number of H-pyrrole nitrogens is 1. The SMILES string of the molecule is CN=C(NCCc1c[nH]c2cc(F)ccc12)NCc1ccc(S(N)(=O)=O)cc1. The monoisotopic (exact) mass is 403 g/mol. The Morgan fingerprint density at radius 2 is 1.93 bits per heavy atom. The fourth-order valence-corrected chi connectivity index (χ4v) is 3.40. The number of nitrogens with two attached hydrogens (primary N) is 1. The lowest BCUT2D eigenvalue weighted by Gasteiger charge is -2.12. The van der Waals surface area contributed by atoms with E-state index in [1.807, 2.05) is 6.20 Å². The number of aliphatic imine (C=N–C) groups is 1. The molecule has 0 aliphatic rings. The lowest BCUT2D eigenvalue weighted by atomic mass is 10.1. The molecule has 0 radical (unpaired) electrons. The van der Waals surface area contributed by atoms with Crippen LogP contribution in [-0.4, -0.2) is 33.0 Å². The molecule has 0 saturated carbocycles. The van der Waals surface area contributed by atoms with Gasteiger partial charge in [-0.05, 0) is 47.9 Å². The Labute approximate surface area is 162 Å². The first-order valence-electron chi connectivity index (χ1n) is 8.68. The fourth-order valence-electron chi connectivity index (χ4n) is 2.88. The van der Waals surface area contributed by atoms with Crippen molar-refractivity contribution < 1.29 is 12.8 Å². The number of primary sulfonamides is 1. The Morgan fingerprint density at radius 1 is 1.18 bits per heavy atom. The van der Waals surface area contributed by atoms with Crippen LogP contribution in [0.3, 0.4) is 0 Å². The van der Waals surface area contributed by atoms with Crippen molar-refractivity contribution in [1.82, 2.24) is 15.6 Å². The quantitative estimate of drug-likeness (QED) is 0.372. The molecular weight excluding hydrogens is 381 g/mol. The molecule has 0 saturated heterocycles. The van der Waals surface area contributed by atoms with Crippen LogP contribution >= 0.6 is 0 Å². The summed E-state index contributed by atoms with van der Waals surface area (Å²) >= 11 is 0. The molecule has 1 aromatic heterocycles. The minimum absolute atomic E-state index is 0.0809. The highest BCUT2D eigenvalue weighted by Gasteiger charge is 2.07.